The van der Waals surface area contributed by atoms with Crippen LogP contribution in [-0.2, 0) is 6.54 Å². The van der Waals surface area contributed by atoms with Gasteiger partial charge in [0.05, 0.1) is 11.9 Å². The zero-order chi connectivity index (χ0) is 11.4. The second-order valence-corrected chi connectivity index (χ2v) is 3.96. The second kappa shape index (κ2) is 4.94. The van der Waals surface area contributed by atoms with E-state index >= 15 is 0 Å². The van der Waals surface area contributed by atoms with Crippen molar-refractivity contribution in [1.29, 1.82) is 0 Å². The van der Waals surface area contributed by atoms with E-state index in [1.807, 2.05) is 18.3 Å². The molecule has 2 aromatic heterocycles. The molecule has 5 heteroatoms. The van der Waals surface area contributed by atoms with Crippen molar-refractivity contribution in [3.63, 3.8) is 0 Å². The molecule has 2 rings (SSSR count). The van der Waals surface area contributed by atoms with Crippen LogP contribution in [-0.4, -0.2) is 14.8 Å². The molecule has 4 nitrogen and oxygen atoms in total. The van der Waals surface area contributed by atoms with E-state index in [0.29, 0.717) is 6.54 Å². The predicted octanol–water partition coefficient (Wildman–Crippen LogP) is 2.75. The fraction of sp³-hybridized carbons (Fsp3) is 0.0909. The largest absolute Gasteiger partial charge is 0.379 e. The van der Waals surface area contributed by atoms with Crippen LogP contribution in [0, 0.1) is 0 Å². The van der Waals surface area contributed by atoms with Gasteiger partial charge in [-0.25, -0.2) is 9.67 Å². The van der Waals surface area contributed by atoms with Crippen LogP contribution < -0.4 is 5.32 Å². The molecule has 0 saturated heterocycles. The molecule has 2 heterocycles. The third kappa shape index (κ3) is 2.49. The van der Waals surface area contributed by atoms with Crippen LogP contribution in [0.4, 0.5) is 5.69 Å². The number of pyridine rings is 1. The Kier molecular flexibility index (Phi) is 3.36. The maximum atomic E-state index is 4.13. The quantitative estimate of drug-likeness (QED) is 0.875. The minimum absolute atomic E-state index is 0.706. The van der Waals surface area contributed by atoms with Crippen molar-refractivity contribution < 1.29 is 0 Å². The van der Waals surface area contributed by atoms with Gasteiger partial charge in [0, 0.05) is 30.7 Å². The fourth-order valence-electron chi connectivity index (χ4n) is 1.28. The van der Waals surface area contributed by atoms with Crippen molar-refractivity contribution in [2.24, 2.45) is 0 Å². The Morgan fingerprint density at radius 2 is 2.44 bits per heavy atom. The number of nitrogens with zero attached hydrogens (tertiary/aromatic N) is 3. The SMILES string of the molecule is C=Cn1cc(CNc2cccnc2Br)cn1. The summed E-state index contributed by atoms with van der Waals surface area (Å²) in [5, 5.41) is 7.37. The topological polar surface area (TPSA) is 42.7 Å². The van der Waals surface area contributed by atoms with E-state index in [1.165, 1.54) is 0 Å². The molecule has 0 aliphatic rings. The van der Waals surface area contributed by atoms with Crippen LogP contribution in [0.15, 0.2) is 41.9 Å². The summed E-state index contributed by atoms with van der Waals surface area (Å²) in [5.74, 6) is 0. The Labute approximate surface area is 102 Å². The molecular weight excluding hydrogens is 268 g/mol. The Balaban J connectivity index is 2.02. The number of aromatic nitrogens is 3. The summed E-state index contributed by atoms with van der Waals surface area (Å²) in [6.45, 7) is 4.35. The monoisotopic (exact) mass is 278 g/mol. The average molecular weight is 279 g/mol. The van der Waals surface area contributed by atoms with Gasteiger partial charge in [0.2, 0.25) is 0 Å². The van der Waals surface area contributed by atoms with Gasteiger partial charge in [-0.2, -0.15) is 5.10 Å². The van der Waals surface area contributed by atoms with Gasteiger partial charge in [-0.15, -0.1) is 0 Å². The lowest BCUT2D eigenvalue weighted by Gasteiger charge is -2.05. The molecule has 0 amide bonds. The van der Waals surface area contributed by atoms with Gasteiger partial charge >= 0.3 is 0 Å². The van der Waals surface area contributed by atoms with E-state index in [4.69, 9.17) is 0 Å². The summed E-state index contributed by atoms with van der Waals surface area (Å²) in [6.07, 6.45) is 7.12. The lowest BCUT2D eigenvalue weighted by Crippen LogP contribution is -1.99. The number of rotatable bonds is 4. The van der Waals surface area contributed by atoms with Crippen LogP contribution in [0.5, 0.6) is 0 Å². The zero-order valence-electron chi connectivity index (χ0n) is 8.60. The molecule has 16 heavy (non-hydrogen) atoms. The Morgan fingerprint density at radius 3 is 3.12 bits per heavy atom. The molecule has 1 N–H and O–H groups in total. The van der Waals surface area contributed by atoms with Crippen LogP contribution in [0.2, 0.25) is 0 Å². The Bertz CT molecular complexity index is 492. The molecule has 0 unspecified atom stereocenters. The summed E-state index contributed by atoms with van der Waals surface area (Å²) in [6, 6.07) is 3.86. The molecule has 0 fully saturated rings. The standard InChI is InChI=1S/C11H11BrN4/c1-2-16-8-9(7-15-16)6-14-10-4-3-5-13-11(10)12/h2-5,7-8,14H,1,6H2. The first kappa shape index (κ1) is 10.9. The fourth-order valence-corrected chi connectivity index (χ4v) is 1.67. The predicted molar refractivity (Wildman–Crippen MR) is 67.9 cm³/mol. The molecule has 0 bridgehead atoms. The summed E-state index contributed by atoms with van der Waals surface area (Å²) in [4.78, 5) is 4.13. The first-order valence-electron chi connectivity index (χ1n) is 4.79. The minimum atomic E-state index is 0.706. The number of hydrogen-bond acceptors (Lipinski definition) is 3. The van der Waals surface area contributed by atoms with Gasteiger partial charge in [0.15, 0.2) is 0 Å². The van der Waals surface area contributed by atoms with Crippen molar-refractivity contribution in [1.82, 2.24) is 14.8 Å². The molecule has 0 atom stereocenters. The molecule has 82 valence electrons. The van der Waals surface area contributed by atoms with Crippen LogP contribution in [0.3, 0.4) is 0 Å². The van der Waals surface area contributed by atoms with Crippen molar-refractivity contribution >= 4 is 27.8 Å². The first-order valence-corrected chi connectivity index (χ1v) is 5.59. The lowest BCUT2D eigenvalue weighted by molar-refractivity contribution is 0.936. The van der Waals surface area contributed by atoms with Gasteiger partial charge < -0.3 is 5.32 Å². The van der Waals surface area contributed by atoms with E-state index in [2.05, 4.69) is 37.9 Å². The third-order valence-electron chi connectivity index (χ3n) is 2.08. The number of hydrogen-bond donors (Lipinski definition) is 1. The molecular formula is C11H11BrN4. The Morgan fingerprint density at radius 1 is 1.56 bits per heavy atom. The maximum Gasteiger partial charge on any atom is 0.129 e. The third-order valence-corrected chi connectivity index (χ3v) is 2.72. The highest BCUT2D eigenvalue weighted by atomic mass is 79.9. The smallest absolute Gasteiger partial charge is 0.129 e. The van der Waals surface area contributed by atoms with Crippen molar-refractivity contribution in [3.8, 4) is 0 Å². The maximum absolute atomic E-state index is 4.13. The summed E-state index contributed by atoms with van der Waals surface area (Å²) in [7, 11) is 0. The van der Waals surface area contributed by atoms with E-state index < -0.39 is 0 Å². The summed E-state index contributed by atoms with van der Waals surface area (Å²) < 4.78 is 2.49. The lowest BCUT2D eigenvalue weighted by atomic mass is 10.3. The zero-order valence-corrected chi connectivity index (χ0v) is 10.2. The normalized spacial score (nSPS) is 10.1. The second-order valence-electron chi connectivity index (χ2n) is 3.21. The van der Waals surface area contributed by atoms with E-state index in [0.717, 1.165) is 15.9 Å². The van der Waals surface area contributed by atoms with E-state index in [-0.39, 0.29) is 0 Å². The molecule has 0 radical (unpaired) electrons. The molecule has 2 aromatic rings. The van der Waals surface area contributed by atoms with Crippen molar-refractivity contribution in [2.75, 3.05) is 5.32 Å². The minimum Gasteiger partial charge on any atom is -0.379 e. The number of nitrogens with one attached hydrogen (secondary N) is 1. The number of anilines is 1. The first-order chi connectivity index (χ1) is 7.79. The van der Waals surface area contributed by atoms with Crippen LogP contribution in [0.1, 0.15) is 5.56 Å². The molecule has 0 aromatic carbocycles. The van der Waals surface area contributed by atoms with Gasteiger partial charge in [0.1, 0.15) is 4.60 Å². The van der Waals surface area contributed by atoms with Gasteiger partial charge in [0.25, 0.3) is 0 Å². The number of halogens is 1. The molecule has 0 aliphatic heterocycles. The average Bonchev–Trinajstić information content (AvgIpc) is 2.76. The van der Waals surface area contributed by atoms with Crippen molar-refractivity contribution in [3.05, 3.63) is 47.5 Å². The van der Waals surface area contributed by atoms with Gasteiger partial charge in [-0.05, 0) is 28.1 Å². The highest BCUT2D eigenvalue weighted by molar-refractivity contribution is 9.10. The Hall–Kier alpha value is -1.62. The highest BCUT2D eigenvalue weighted by Crippen LogP contribution is 2.18. The van der Waals surface area contributed by atoms with Crippen molar-refractivity contribution in [2.45, 2.75) is 6.54 Å². The van der Waals surface area contributed by atoms with E-state index in [1.54, 1.807) is 23.3 Å². The van der Waals surface area contributed by atoms with Gasteiger partial charge in [-0.3, -0.25) is 0 Å². The molecule has 0 saturated carbocycles. The summed E-state index contributed by atoms with van der Waals surface area (Å²) in [5.41, 5.74) is 2.06. The van der Waals surface area contributed by atoms with Crippen LogP contribution in [0.25, 0.3) is 6.20 Å². The highest BCUT2D eigenvalue weighted by Gasteiger charge is 2.00. The molecule has 0 spiro atoms. The van der Waals surface area contributed by atoms with E-state index in [9.17, 15) is 0 Å². The summed E-state index contributed by atoms with van der Waals surface area (Å²) >= 11 is 3.38. The van der Waals surface area contributed by atoms with Gasteiger partial charge in [-0.1, -0.05) is 6.58 Å². The molecule has 0 aliphatic carbocycles. The van der Waals surface area contributed by atoms with Crippen LogP contribution >= 0.6 is 15.9 Å².